The molecule has 0 spiro atoms. The summed E-state index contributed by atoms with van der Waals surface area (Å²) in [5, 5.41) is 0.887. The van der Waals surface area contributed by atoms with Crippen molar-refractivity contribution in [2.24, 2.45) is 0 Å². The summed E-state index contributed by atoms with van der Waals surface area (Å²) < 4.78 is 4.83. The quantitative estimate of drug-likeness (QED) is 0.691. The number of nitrogens with two attached hydrogens (primary N) is 1. The lowest BCUT2D eigenvalue weighted by Gasteiger charge is -2.32. The summed E-state index contributed by atoms with van der Waals surface area (Å²) in [6.07, 6.45) is 3.48. The molecule has 1 aliphatic rings. The summed E-state index contributed by atoms with van der Waals surface area (Å²) >= 11 is 0. The maximum Gasteiger partial charge on any atom is 0.228 e. The van der Waals surface area contributed by atoms with Gasteiger partial charge in [0.25, 0.3) is 0 Å². The number of aromatic nitrogens is 3. The van der Waals surface area contributed by atoms with Crippen LogP contribution in [0.25, 0.3) is 10.9 Å². The number of fused-ring (bicyclic) bond motifs is 1. The van der Waals surface area contributed by atoms with Gasteiger partial charge in [-0.05, 0) is 32.2 Å². The lowest BCUT2D eigenvalue weighted by atomic mass is 9.91. The van der Waals surface area contributed by atoms with Gasteiger partial charge in [0, 0.05) is 42.7 Å². The van der Waals surface area contributed by atoms with Gasteiger partial charge in [-0.3, -0.25) is 4.98 Å². The van der Waals surface area contributed by atoms with Crippen molar-refractivity contribution in [3.05, 3.63) is 42.1 Å². The van der Waals surface area contributed by atoms with E-state index in [9.17, 15) is 0 Å². The summed E-state index contributed by atoms with van der Waals surface area (Å²) in [4.78, 5) is 18.2. The number of hydrogen-bond donors (Lipinski definition) is 1. The number of nitrogen functional groups attached to an aromatic ring is 1. The van der Waals surface area contributed by atoms with Crippen LogP contribution in [-0.2, 0) is 5.41 Å². The average molecular weight is 383 g/mol. The van der Waals surface area contributed by atoms with Crippen molar-refractivity contribution >= 4 is 22.7 Å². The highest BCUT2D eigenvalue weighted by atomic mass is 16.3. The van der Waals surface area contributed by atoms with Gasteiger partial charge < -0.3 is 20.0 Å². The van der Waals surface area contributed by atoms with Crippen LogP contribution < -0.4 is 10.6 Å². The lowest BCUT2D eigenvalue weighted by molar-refractivity contribution is 0.311. The topological polar surface area (TPSA) is 84.3 Å². The monoisotopic (exact) mass is 382 g/mol. The van der Waals surface area contributed by atoms with Crippen LogP contribution in [0.3, 0.4) is 0 Å². The van der Waals surface area contributed by atoms with Crippen LogP contribution in [0.15, 0.2) is 35.1 Å². The Morgan fingerprint density at radius 3 is 2.36 bits per heavy atom. The molecule has 4 heterocycles. The summed E-state index contributed by atoms with van der Waals surface area (Å²) in [7, 11) is 2.13. The van der Waals surface area contributed by atoms with Gasteiger partial charge in [0.05, 0.1) is 18.0 Å². The second kappa shape index (κ2) is 8.14. The third kappa shape index (κ3) is 4.78. The molecule has 3 aromatic rings. The zero-order valence-electron chi connectivity index (χ0n) is 17.4. The number of piperazine rings is 1. The number of anilines is 2. The first-order chi connectivity index (χ1) is 13.2. The molecule has 2 N–H and O–H groups in total. The minimum absolute atomic E-state index is 0.0171. The number of hydrogen-bond acceptors (Lipinski definition) is 7. The smallest absolute Gasteiger partial charge is 0.228 e. The van der Waals surface area contributed by atoms with Gasteiger partial charge in [-0.2, -0.15) is 4.98 Å². The van der Waals surface area contributed by atoms with E-state index >= 15 is 0 Å². The molecule has 150 valence electrons. The Morgan fingerprint density at radius 1 is 1.11 bits per heavy atom. The van der Waals surface area contributed by atoms with Crippen molar-refractivity contribution in [2.75, 3.05) is 43.9 Å². The highest BCUT2D eigenvalue weighted by molar-refractivity contribution is 5.88. The molecule has 7 nitrogen and oxygen atoms in total. The molecule has 0 aliphatic carbocycles. The molecular weight excluding hydrogens is 352 g/mol. The van der Waals surface area contributed by atoms with Crippen LogP contribution in [0.5, 0.6) is 0 Å². The minimum Gasteiger partial charge on any atom is -0.470 e. The summed E-state index contributed by atoms with van der Waals surface area (Å²) in [6.45, 7) is 12.2. The Balaban J connectivity index is 0.000000320. The fourth-order valence-electron chi connectivity index (χ4n) is 2.96. The van der Waals surface area contributed by atoms with Crippen molar-refractivity contribution in [1.82, 2.24) is 19.9 Å². The molecule has 0 amide bonds. The second-order valence-corrected chi connectivity index (χ2v) is 8.26. The predicted octanol–water partition coefficient (Wildman–Crippen LogP) is 3.24. The van der Waals surface area contributed by atoms with Crippen molar-refractivity contribution < 1.29 is 4.42 Å². The number of nitrogens with zero attached hydrogens (tertiary/aromatic N) is 5. The number of pyridine rings is 1. The molecule has 1 aliphatic heterocycles. The van der Waals surface area contributed by atoms with E-state index in [0.29, 0.717) is 11.8 Å². The van der Waals surface area contributed by atoms with Crippen LogP contribution in [0.2, 0.25) is 0 Å². The number of aryl methyl sites for hydroxylation is 1. The first-order valence-corrected chi connectivity index (χ1v) is 9.61. The third-order valence-electron chi connectivity index (χ3n) is 4.82. The van der Waals surface area contributed by atoms with Gasteiger partial charge in [-0.25, -0.2) is 4.98 Å². The van der Waals surface area contributed by atoms with Crippen molar-refractivity contribution in [1.29, 1.82) is 0 Å². The van der Waals surface area contributed by atoms with E-state index < -0.39 is 0 Å². The van der Waals surface area contributed by atoms with Gasteiger partial charge >= 0.3 is 0 Å². The van der Waals surface area contributed by atoms with Gasteiger partial charge in [0.1, 0.15) is 11.6 Å². The van der Waals surface area contributed by atoms with Crippen molar-refractivity contribution in [3.8, 4) is 0 Å². The molecular formula is C21H30N6O. The van der Waals surface area contributed by atoms with Crippen molar-refractivity contribution in [2.45, 2.75) is 33.1 Å². The molecule has 0 atom stereocenters. The Morgan fingerprint density at radius 2 is 1.82 bits per heavy atom. The van der Waals surface area contributed by atoms with E-state index in [1.807, 2.05) is 31.3 Å². The lowest BCUT2D eigenvalue weighted by Crippen LogP contribution is -2.45. The van der Waals surface area contributed by atoms with Crippen LogP contribution >= 0.6 is 0 Å². The van der Waals surface area contributed by atoms with E-state index in [4.69, 9.17) is 10.2 Å². The molecule has 0 saturated carbocycles. The predicted molar refractivity (Wildman–Crippen MR) is 114 cm³/mol. The number of likely N-dealkylation sites (N-methyl/N-ethyl adjacent to an activating group) is 1. The first-order valence-electron chi connectivity index (χ1n) is 9.61. The maximum absolute atomic E-state index is 6.19. The van der Waals surface area contributed by atoms with Crippen molar-refractivity contribution in [3.63, 3.8) is 0 Å². The minimum atomic E-state index is -0.0171. The molecule has 0 bridgehead atoms. The first kappa shape index (κ1) is 20.1. The number of rotatable bonds is 1. The van der Waals surface area contributed by atoms with E-state index in [-0.39, 0.29) is 5.41 Å². The van der Waals surface area contributed by atoms with E-state index in [0.717, 1.165) is 48.5 Å². The van der Waals surface area contributed by atoms with Gasteiger partial charge in [0.2, 0.25) is 5.95 Å². The van der Waals surface area contributed by atoms with E-state index in [2.05, 4.69) is 52.6 Å². The molecule has 1 fully saturated rings. The van der Waals surface area contributed by atoms with E-state index in [1.165, 1.54) is 0 Å². The summed E-state index contributed by atoms with van der Waals surface area (Å²) in [5.74, 6) is 2.21. The number of furan rings is 1. The second-order valence-electron chi connectivity index (χ2n) is 8.26. The molecule has 7 heteroatoms. The third-order valence-corrected chi connectivity index (χ3v) is 4.82. The summed E-state index contributed by atoms with van der Waals surface area (Å²) in [5.41, 5.74) is 7.99. The SMILES string of the molecule is CN1CCN(c2nc(N)c3cc(C(C)(C)C)ncc3n2)CC1.Cc1ccco1. The van der Waals surface area contributed by atoms with Crippen LogP contribution in [0.1, 0.15) is 32.2 Å². The Bertz CT molecular complexity index is 909. The standard InChI is InChI=1S/C16H24N6.C5H6O/c1-16(2,3)13-9-11-12(10-18-13)19-15(20-14(11)17)22-7-5-21(4)6-8-22;1-5-3-2-4-6-5/h9-10H,5-8H2,1-4H3,(H2,17,19,20);2-4H,1H3. The molecule has 4 rings (SSSR count). The summed E-state index contributed by atoms with van der Waals surface area (Å²) in [6, 6.07) is 5.80. The average Bonchev–Trinajstić information content (AvgIpc) is 3.13. The van der Waals surface area contributed by atoms with Crippen LogP contribution in [0.4, 0.5) is 11.8 Å². The zero-order chi connectivity index (χ0) is 20.3. The van der Waals surface area contributed by atoms with Crippen LogP contribution in [0, 0.1) is 6.92 Å². The fourth-order valence-corrected chi connectivity index (χ4v) is 2.96. The molecule has 1 saturated heterocycles. The Labute approximate surface area is 166 Å². The van der Waals surface area contributed by atoms with Gasteiger partial charge in [-0.1, -0.05) is 20.8 Å². The zero-order valence-corrected chi connectivity index (χ0v) is 17.4. The normalized spacial score (nSPS) is 15.4. The van der Waals surface area contributed by atoms with Crippen LogP contribution in [-0.4, -0.2) is 53.1 Å². The molecule has 0 unspecified atom stereocenters. The Hall–Kier alpha value is -2.67. The van der Waals surface area contributed by atoms with E-state index in [1.54, 1.807) is 6.26 Å². The largest absolute Gasteiger partial charge is 0.470 e. The molecule has 3 aromatic heterocycles. The Kier molecular flexibility index (Phi) is 5.84. The van der Waals surface area contributed by atoms with Gasteiger partial charge in [0.15, 0.2) is 0 Å². The maximum atomic E-state index is 6.19. The van der Waals surface area contributed by atoms with Gasteiger partial charge in [-0.15, -0.1) is 0 Å². The molecule has 0 aromatic carbocycles. The molecule has 28 heavy (non-hydrogen) atoms. The highest BCUT2D eigenvalue weighted by Crippen LogP contribution is 2.27. The highest BCUT2D eigenvalue weighted by Gasteiger charge is 2.20. The fraction of sp³-hybridized carbons (Fsp3) is 0.476. The molecule has 0 radical (unpaired) electrons.